The lowest BCUT2D eigenvalue weighted by molar-refractivity contribution is -0.113. The standard InChI is InChI=1S/C19H17F2N3O2S/c1-2-26-15-6-4-14(5-7-15)24-10-9-22-19(24)27-12-18(25)23-17-8-3-13(20)11-16(17)21/h3-11H,2,12H2,1H3,(H,23,25). The van der Waals surface area contributed by atoms with Crippen LogP contribution in [0, 0.1) is 11.6 Å². The van der Waals surface area contributed by atoms with Gasteiger partial charge in [-0.1, -0.05) is 11.8 Å². The molecule has 1 N–H and O–H groups in total. The van der Waals surface area contributed by atoms with Gasteiger partial charge in [-0.15, -0.1) is 0 Å². The number of benzene rings is 2. The third-order valence-electron chi connectivity index (χ3n) is 3.57. The monoisotopic (exact) mass is 389 g/mol. The third kappa shape index (κ3) is 4.85. The number of aromatic nitrogens is 2. The van der Waals surface area contributed by atoms with Gasteiger partial charge in [0.05, 0.1) is 18.0 Å². The van der Waals surface area contributed by atoms with Crippen molar-refractivity contribution in [2.45, 2.75) is 12.1 Å². The molecule has 2 aromatic carbocycles. The molecular formula is C19H17F2N3O2S. The van der Waals surface area contributed by atoms with Crippen molar-refractivity contribution < 1.29 is 18.3 Å². The highest BCUT2D eigenvalue weighted by molar-refractivity contribution is 7.99. The van der Waals surface area contributed by atoms with Crippen LogP contribution in [-0.4, -0.2) is 27.8 Å². The first kappa shape index (κ1) is 18.9. The van der Waals surface area contributed by atoms with Gasteiger partial charge in [-0.2, -0.15) is 0 Å². The molecule has 0 saturated heterocycles. The summed E-state index contributed by atoms with van der Waals surface area (Å²) in [6.45, 7) is 2.51. The predicted octanol–water partition coefficient (Wildman–Crippen LogP) is 4.28. The van der Waals surface area contributed by atoms with Crippen molar-refractivity contribution in [1.82, 2.24) is 9.55 Å². The van der Waals surface area contributed by atoms with Crippen LogP contribution in [0.25, 0.3) is 5.69 Å². The zero-order valence-electron chi connectivity index (χ0n) is 14.5. The van der Waals surface area contributed by atoms with Crippen LogP contribution in [0.2, 0.25) is 0 Å². The van der Waals surface area contributed by atoms with Crippen LogP contribution in [0.3, 0.4) is 0 Å². The summed E-state index contributed by atoms with van der Waals surface area (Å²) in [5.41, 5.74) is 0.820. The van der Waals surface area contributed by atoms with Crippen LogP contribution >= 0.6 is 11.8 Å². The molecule has 0 bridgehead atoms. The summed E-state index contributed by atoms with van der Waals surface area (Å²) in [6, 6.07) is 10.5. The number of carbonyl (C=O) groups is 1. The van der Waals surface area contributed by atoms with Crippen LogP contribution in [0.15, 0.2) is 60.0 Å². The second-order valence-electron chi connectivity index (χ2n) is 5.47. The summed E-state index contributed by atoms with van der Waals surface area (Å²) >= 11 is 1.21. The van der Waals surface area contributed by atoms with Gasteiger partial charge in [0.15, 0.2) is 5.16 Å². The van der Waals surface area contributed by atoms with Crippen molar-refractivity contribution in [2.24, 2.45) is 0 Å². The Morgan fingerprint density at radius 2 is 2.00 bits per heavy atom. The minimum atomic E-state index is -0.816. The van der Waals surface area contributed by atoms with Crippen LogP contribution in [0.4, 0.5) is 14.5 Å². The maximum atomic E-state index is 13.6. The Hall–Kier alpha value is -2.87. The van der Waals surface area contributed by atoms with Crippen molar-refractivity contribution in [2.75, 3.05) is 17.7 Å². The highest BCUT2D eigenvalue weighted by Gasteiger charge is 2.12. The summed E-state index contributed by atoms with van der Waals surface area (Å²) in [5, 5.41) is 3.04. The molecule has 140 valence electrons. The number of hydrogen-bond acceptors (Lipinski definition) is 4. The molecule has 0 fully saturated rings. The number of ether oxygens (including phenoxy) is 1. The number of thioether (sulfide) groups is 1. The molecule has 0 saturated carbocycles. The molecule has 0 unspecified atom stereocenters. The van der Waals surface area contributed by atoms with E-state index in [0.29, 0.717) is 11.8 Å². The van der Waals surface area contributed by atoms with E-state index < -0.39 is 17.5 Å². The van der Waals surface area contributed by atoms with E-state index in [1.54, 1.807) is 12.4 Å². The molecule has 1 heterocycles. The average Bonchev–Trinajstić information content (AvgIpc) is 3.12. The molecule has 0 aliphatic heterocycles. The molecule has 0 aliphatic carbocycles. The summed E-state index contributed by atoms with van der Waals surface area (Å²) in [5.74, 6) is -1.12. The highest BCUT2D eigenvalue weighted by Crippen LogP contribution is 2.23. The molecule has 0 aliphatic rings. The number of hydrogen-bond donors (Lipinski definition) is 1. The van der Waals surface area contributed by atoms with Crippen LogP contribution < -0.4 is 10.1 Å². The van der Waals surface area contributed by atoms with E-state index in [9.17, 15) is 13.6 Å². The smallest absolute Gasteiger partial charge is 0.234 e. The fourth-order valence-corrected chi connectivity index (χ4v) is 3.14. The number of amides is 1. The molecule has 3 rings (SSSR count). The number of rotatable bonds is 7. The Bertz CT molecular complexity index is 929. The zero-order chi connectivity index (χ0) is 19.2. The van der Waals surface area contributed by atoms with E-state index in [2.05, 4.69) is 10.3 Å². The Kier molecular flexibility index (Phi) is 6.08. The average molecular weight is 389 g/mol. The maximum Gasteiger partial charge on any atom is 0.234 e. The topological polar surface area (TPSA) is 56.2 Å². The number of anilines is 1. The second-order valence-corrected chi connectivity index (χ2v) is 6.41. The van der Waals surface area contributed by atoms with E-state index in [1.807, 2.05) is 35.8 Å². The first-order valence-electron chi connectivity index (χ1n) is 8.21. The first-order valence-corrected chi connectivity index (χ1v) is 9.19. The van der Waals surface area contributed by atoms with Gasteiger partial charge in [-0.3, -0.25) is 9.36 Å². The predicted molar refractivity (Wildman–Crippen MR) is 100 cm³/mol. The molecule has 0 spiro atoms. The van der Waals surface area contributed by atoms with Crippen LogP contribution in [0.5, 0.6) is 5.75 Å². The molecule has 5 nitrogen and oxygen atoms in total. The van der Waals surface area contributed by atoms with Gasteiger partial charge in [0.1, 0.15) is 17.4 Å². The van der Waals surface area contributed by atoms with Crippen LogP contribution in [0.1, 0.15) is 6.92 Å². The summed E-state index contributed by atoms with van der Waals surface area (Å²) < 4.78 is 33.8. The lowest BCUT2D eigenvalue weighted by Crippen LogP contribution is -2.15. The Morgan fingerprint density at radius 1 is 1.22 bits per heavy atom. The summed E-state index contributed by atoms with van der Waals surface area (Å²) in [6.07, 6.45) is 3.42. The number of nitrogens with one attached hydrogen (secondary N) is 1. The number of imidazole rings is 1. The second kappa shape index (κ2) is 8.68. The number of nitrogens with zero attached hydrogens (tertiary/aromatic N) is 2. The molecule has 8 heteroatoms. The molecule has 1 aromatic heterocycles. The molecular weight excluding hydrogens is 372 g/mol. The van der Waals surface area contributed by atoms with E-state index >= 15 is 0 Å². The fraction of sp³-hybridized carbons (Fsp3) is 0.158. The Balaban J connectivity index is 1.63. The van der Waals surface area contributed by atoms with Gasteiger partial charge in [-0.05, 0) is 43.3 Å². The zero-order valence-corrected chi connectivity index (χ0v) is 15.3. The Morgan fingerprint density at radius 3 is 2.70 bits per heavy atom. The van der Waals surface area contributed by atoms with Crippen molar-refractivity contribution in [3.63, 3.8) is 0 Å². The lowest BCUT2D eigenvalue weighted by atomic mass is 10.3. The molecule has 0 radical (unpaired) electrons. The van der Waals surface area contributed by atoms with Gasteiger partial charge in [0.25, 0.3) is 0 Å². The maximum absolute atomic E-state index is 13.6. The van der Waals surface area contributed by atoms with Gasteiger partial charge < -0.3 is 10.1 Å². The van der Waals surface area contributed by atoms with E-state index in [4.69, 9.17) is 4.74 Å². The van der Waals surface area contributed by atoms with E-state index in [1.165, 1.54) is 17.8 Å². The Labute approximate surface area is 159 Å². The summed E-state index contributed by atoms with van der Waals surface area (Å²) in [4.78, 5) is 16.3. The first-order chi connectivity index (χ1) is 13.1. The third-order valence-corrected chi connectivity index (χ3v) is 4.54. The minimum absolute atomic E-state index is 0.0326. The van der Waals surface area contributed by atoms with Gasteiger partial charge >= 0.3 is 0 Å². The number of halogens is 2. The van der Waals surface area contributed by atoms with Crippen molar-refractivity contribution >= 4 is 23.4 Å². The largest absolute Gasteiger partial charge is 0.494 e. The molecule has 1 amide bonds. The van der Waals surface area contributed by atoms with Gasteiger partial charge in [0, 0.05) is 24.1 Å². The molecule has 3 aromatic rings. The molecule has 27 heavy (non-hydrogen) atoms. The van der Waals surface area contributed by atoms with Crippen molar-refractivity contribution in [3.05, 3.63) is 66.5 Å². The fourth-order valence-electron chi connectivity index (χ4n) is 2.37. The van der Waals surface area contributed by atoms with Gasteiger partial charge in [-0.25, -0.2) is 13.8 Å². The van der Waals surface area contributed by atoms with E-state index in [0.717, 1.165) is 23.6 Å². The van der Waals surface area contributed by atoms with Gasteiger partial charge in [0.2, 0.25) is 5.91 Å². The summed E-state index contributed by atoms with van der Waals surface area (Å²) in [7, 11) is 0. The van der Waals surface area contributed by atoms with Crippen molar-refractivity contribution in [3.8, 4) is 11.4 Å². The lowest BCUT2D eigenvalue weighted by Gasteiger charge is -2.09. The quantitative estimate of drug-likeness (QED) is 0.613. The minimum Gasteiger partial charge on any atom is -0.494 e. The molecule has 0 atom stereocenters. The SMILES string of the molecule is CCOc1ccc(-n2ccnc2SCC(=O)Nc2ccc(F)cc2F)cc1. The normalized spacial score (nSPS) is 10.6. The highest BCUT2D eigenvalue weighted by atomic mass is 32.2. The van der Waals surface area contributed by atoms with Crippen molar-refractivity contribution in [1.29, 1.82) is 0 Å². The van der Waals surface area contributed by atoms with Crippen LogP contribution in [-0.2, 0) is 4.79 Å². The van der Waals surface area contributed by atoms with E-state index in [-0.39, 0.29) is 11.4 Å². The number of carbonyl (C=O) groups excluding carboxylic acids is 1.